The second-order valence-corrected chi connectivity index (χ2v) is 10.5. The standard InChI is InChI=1S/C22H33N3O5S/c26-22(23-9-14-24-10-3-1-2-4-11-24)18-7-12-25(13-8-18)31(27,28)19-5-6-20-21(17-19)30-16-15-29-20/h5-6,17-18H,1-4,7-16H2,(H,23,26). The average Bonchev–Trinajstić information content (AvgIpc) is 3.07. The van der Waals surface area contributed by atoms with Gasteiger partial charge in [-0.25, -0.2) is 8.42 Å². The van der Waals surface area contributed by atoms with E-state index < -0.39 is 10.0 Å². The Labute approximate surface area is 184 Å². The number of sulfonamides is 1. The van der Waals surface area contributed by atoms with Crippen LogP contribution in [-0.4, -0.2) is 76.0 Å². The zero-order chi connectivity index (χ0) is 21.7. The van der Waals surface area contributed by atoms with Crippen molar-refractivity contribution in [1.82, 2.24) is 14.5 Å². The van der Waals surface area contributed by atoms with Crippen LogP contribution in [-0.2, 0) is 14.8 Å². The summed E-state index contributed by atoms with van der Waals surface area (Å²) in [6, 6.07) is 4.74. The number of fused-ring (bicyclic) bond motifs is 1. The molecule has 172 valence electrons. The molecular formula is C22H33N3O5S. The fourth-order valence-corrected chi connectivity index (χ4v) is 6.02. The van der Waals surface area contributed by atoms with Crippen LogP contribution in [0.4, 0.5) is 0 Å². The van der Waals surface area contributed by atoms with Crippen LogP contribution < -0.4 is 14.8 Å². The first-order valence-electron chi connectivity index (χ1n) is 11.4. The van der Waals surface area contributed by atoms with Crippen molar-refractivity contribution >= 4 is 15.9 Å². The van der Waals surface area contributed by atoms with Gasteiger partial charge in [0, 0.05) is 38.2 Å². The number of rotatable bonds is 6. The van der Waals surface area contributed by atoms with Gasteiger partial charge in [-0.1, -0.05) is 12.8 Å². The first kappa shape index (κ1) is 22.4. The van der Waals surface area contributed by atoms with Gasteiger partial charge in [0.1, 0.15) is 13.2 Å². The molecule has 31 heavy (non-hydrogen) atoms. The Hall–Kier alpha value is -1.84. The molecule has 2 fully saturated rings. The van der Waals surface area contributed by atoms with Crippen LogP contribution in [0.3, 0.4) is 0 Å². The van der Waals surface area contributed by atoms with Crippen molar-refractivity contribution in [3.8, 4) is 11.5 Å². The van der Waals surface area contributed by atoms with Crippen LogP contribution >= 0.6 is 0 Å². The molecule has 0 spiro atoms. The zero-order valence-corrected chi connectivity index (χ0v) is 18.9. The fourth-order valence-electron chi connectivity index (χ4n) is 4.53. The van der Waals surface area contributed by atoms with Crippen molar-refractivity contribution in [2.75, 3.05) is 52.5 Å². The number of amides is 1. The lowest BCUT2D eigenvalue weighted by Gasteiger charge is -2.31. The molecule has 1 amide bonds. The Morgan fingerprint density at radius 2 is 1.65 bits per heavy atom. The van der Waals surface area contributed by atoms with Crippen LogP contribution in [0.2, 0.25) is 0 Å². The predicted octanol–water partition coefficient (Wildman–Crippen LogP) is 1.85. The molecule has 0 aliphatic carbocycles. The molecule has 3 aliphatic heterocycles. The van der Waals surface area contributed by atoms with Gasteiger partial charge in [-0.2, -0.15) is 4.31 Å². The average molecular weight is 452 g/mol. The summed E-state index contributed by atoms with van der Waals surface area (Å²) in [5, 5.41) is 3.06. The molecule has 9 heteroatoms. The maximum atomic E-state index is 13.0. The highest BCUT2D eigenvalue weighted by molar-refractivity contribution is 7.89. The van der Waals surface area contributed by atoms with Crippen LogP contribution in [0.5, 0.6) is 11.5 Å². The van der Waals surface area contributed by atoms with E-state index in [1.165, 1.54) is 36.1 Å². The molecule has 3 heterocycles. The van der Waals surface area contributed by atoms with E-state index in [9.17, 15) is 13.2 Å². The van der Waals surface area contributed by atoms with Crippen molar-refractivity contribution < 1.29 is 22.7 Å². The van der Waals surface area contributed by atoms with E-state index in [-0.39, 0.29) is 16.7 Å². The molecule has 0 saturated carbocycles. The molecule has 0 bridgehead atoms. The smallest absolute Gasteiger partial charge is 0.243 e. The normalized spacial score (nSPS) is 21.4. The molecule has 1 aromatic carbocycles. The van der Waals surface area contributed by atoms with Gasteiger partial charge in [0.25, 0.3) is 0 Å². The second kappa shape index (κ2) is 10.2. The maximum absolute atomic E-state index is 13.0. The van der Waals surface area contributed by atoms with Crippen molar-refractivity contribution in [1.29, 1.82) is 0 Å². The van der Waals surface area contributed by atoms with E-state index in [1.807, 2.05) is 0 Å². The molecule has 0 radical (unpaired) electrons. The molecular weight excluding hydrogens is 418 g/mol. The lowest BCUT2D eigenvalue weighted by molar-refractivity contribution is -0.126. The number of benzene rings is 1. The number of carbonyl (C=O) groups is 1. The molecule has 0 atom stereocenters. The van der Waals surface area contributed by atoms with Crippen molar-refractivity contribution in [3.63, 3.8) is 0 Å². The van der Waals surface area contributed by atoms with Crippen molar-refractivity contribution in [2.45, 2.75) is 43.4 Å². The summed E-state index contributed by atoms with van der Waals surface area (Å²) in [5.74, 6) is 0.953. The highest BCUT2D eigenvalue weighted by Gasteiger charge is 2.32. The summed E-state index contributed by atoms with van der Waals surface area (Å²) in [6.07, 6.45) is 6.17. The monoisotopic (exact) mass is 451 g/mol. The van der Waals surface area contributed by atoms with Gasteiger partial charge in [0.05, 0.1) is 4.90 Å². The Balaban J connectivity index is 1.26. The number of hydrogen-bond acceptors (Lipinski definition) is 6. The molecule has 2 saturated heterocycles. The highest BCUT2D eigenvalue weighted by Crippen LogP contribution is 2.34. The zero-order valence-electron chi connectivity index (χ0n) is 18.1. The SMILES string of the molecule is O=C(NCCN1CCCCCC1)C1CCN(S(=O)(=O)c2ccc3c(c2)OCCO3)CC1. The third kappa shape index (κ3) is 5.51. The molecule has 0 aromatic heterocycles. The van der Waals surface area contributed by atoms with Gasteiger partial charge >= 0.3 is 0 Å². The summed E-state index contributed by atoms with van der Waals surface area (Å²) >= 11 is 0. The maximum Gasteiger partial charge on any atom is 0.243 e. The van der Waals surface area contributed by atoms with Crippen LogP contribution in [0.15, 0.2) is 23.1 Å². The number of piperidine rings is 1. The van der Waals surface area contributed by atoms with E-state index in [0.29, 0.717) is 57.2 Å². The second-order valence-electron chi connectivity index (χ2n) is 8.53. The van der Waals surface area contributed by atoms with Crippen molar-refractivity contribution in [2.24, 2.45) is 5.92 Å². The van der Waals surface area contributed by atoms with Crippen LogP contribution in [0.25, 0.3) is 0 Å². The number of ether oxygens (including phenoxy) is 2. The van der Waals surface area contributed by atoms with E-state index in [4.69, 9.17) is 9.47 Å². The molecule has 1 N–H and O–H groups in total. The van der Waals surface area contributed by atoms with Gasteiger partial charge < -0.3 is 19.7 Å². The molecule has 8 nitrogen and oxygen atoms in total. The number of hydrogen-bond donors (Lipinski definition) is 1. The third-order valence-electron chi connectivity index (χ3n) is 6.40. The summed E-state index contributed by atoms with van der Waals surface area (Å²) < 4.78 is 38.6. The van der Waals surface area contributed by atoms with E-state index >= 15 is 0 Å². The third-order valence-corrected chi connectivity index (χ3v) is 8.30. The quantitative estimate of drug-likeness (QED) is 0.710. The summed E-state index contributed by atoms with van der Waals surface area (Å²) in [6.45, 7) is 5.36. The minimum Gasteiger partial charge on any atom is -0.486 e. The molecule has 0 unspecified atom stereocenters. The first-order chi connectivity index (χ1) is 15.0. The van der Waals surface area contributed by atoms with E-state index in [1.54, 1.807) is 12.1 Å². The topological polar surface area (TPSA) is 88.2 Å². The minimum absolute atomic E-state index is 0.0474. The Morgan fingerprint density at radius 3 is 2.35 bits per heavy atom. The first-order valence-corrected chi connectivity index (χ1v) is 12.9. The lowest BCUT2D eigenvalue weighted by Crippen LogP contribution is -2.44. The van der Waals surface area contributed by atoms with Crippen molar-refractivity contribution in [3.05, 3.63) is 18.2 Å². The minimum atomic E-state index is -3.62. The number of likely N-dealkylation sites (tertiary alicyclic amines) is 1. The summed E-state index contributed by atoms with van der Waals surface area (Å²) in [5.41, 5.74) is 0. The number of nitrogens with zero attached hydrogens (tertiary/aromatic N) is 2. The Morgan fingerprint density at radius 1 is 0.968 bits per heavy atom. The summed E-state index contributed by atoms with van der Waals surface area (Å²) in [7, 11) is -3.62. The molecule has 4 rings (SSSR count). The lowest BCUT2D eigenvalue weighted by atomic mass is 9.97. The Kier molecular flexibility index (Phi) is 7.35. The van der Waals surface area contributed by atoms with Gasteiger partial charge in [0.2, 0.25) is 15.9 Å². The van der Waals surface area contributed by atoms with Crippen LogP contribution in [0, 0.1) is 5.92 Å². The highest BCUT2D eigenvalue weighted by atomic mass is 32.2. The summed E-state index contributed by atoms with van der Waals surface area (Å²) in [4.78, 5) is 15.2. The van der Waals surface area contributed by atoms with Crippen LogP contribution in [0.1, 0.15) is 38.5 Å². The van der Waals surface area contributed by atoms with E-state index in [0.717, 1.165) is 19.6 Å². The fraction of sp³-hybridized carbons (Fsp3) is 0.682. The predicted molar refractivity (Wildman–Crippen MR) is 117 cm³/mol. The van der Waals surface area contributed by atoms with Gasteiger partial charge in [-0.15, -0.1) is 0 Å². The number of nitrogens with one attached hydrogen (secondary N) is 1. The van der Waals surface area contributed by atoms with E-state index in [2.05, 4.69) is 10.2 Å². The number of carbonyl (C=O) groups excluding carboxylic acids is 1. The molecule has 3 aliphatic rings. The van der Waals surface area contributed by atoms with Gasteiger partial charge in [-0.3, -0.25) is 4.79 Å². The van der Waals surface area contributed by atoms with Gasteiger partial charge in [-0.05, 0) is 50.9 Å². The Bertz CT molecular complexity index is 860. The largest absolute Gasteiger partial charge is 0.486 e. The van der Waals surface area contributed by atoms with Gasteiger partial charge in [0.15, 0.2) is 11.5 Å². The molecule has 1 aromatic rings.